The molecule has 1 saturated heterocycles. The number of nitrogens with one attached hydrogen (secondary N) is 1. The van der Waals surface area contributed by atoms with Gasteiger partial charge in [0, 0.05) is 0 Å². The lowest BCUT2D eigenvalue weighted by atomic mass is 9.78. The number of carbonyl (C=O) groups excluding carboxylic acids is 1. The van der Waals surface area contributed by atoms with Crippen molar-refractivity contribution in [2.45, 2.75) is 44.6 Å². The molecular weight excluding hydrogens is 282 g/mol. The molecule has 0 aromatic heterocycles. The maximum absolute atomic E-state index is 12.3. The van der Waals surface area contributed by atoms with Crippen LogP contribution in [0, 0.1) is 11.8 Å². The third-order valence-electron chi connectivity index (χ3n) is 4.35. The Morgan fingerprint density at radius 1 is 1.20 bits per heavy atom. The van der Waals surface area contributed by atoms with Gasteiger partial charge in [-0.2, -0.15) is 0 Å². The highest BCUT2D eigenvalue weighted by Gasteiger charge is 2.43. The summed E-state index contributed by atoms with van der Waals surface area (Å²) in [7, 11) is -3.09. The van der Waals surface area contributed by atoms with Crippen LogP contribution >= 0.6 is 0 Å². The Kier molecular flexibility index (Phi) is 4.09. The maximum Gasteiger partial charge on any atom is 0.307 e. The van der Waals surface area contributed by atoms with E-state index < -0.39 is 33.2 Å². The van der Waals surface area contributed by atoms with E-state index in [4.69, 9.17) is 0 Å². The Morgan fingerprint density at radius 3 is 2.30 bits per heavy atom. The SMILES string of the molecule is CC1(NC(=O)C2CCCCC2C(=O)O)CCS(=O)(=O)C1. The van der Waals surface area contributed by atoms with Gasteiger partial charge in [0.15, 0.2) is 9.84 Å². The molecule has 0 bridgehead atoms. The lowest BCUT2D eigenvalue weighted by Gasteiger charge is -2.32. The van der Waals surface area contributed by atoms with Gasteiger partial charge in [0.1, 0.15) is 0 Å². The third kappa shape index (κ3) is 3.31. The standard InChI is InChI=1S/C13H21NO5S/c1-13(6-7-20(18,19)8-13)14-11(15)9-4-2-3-5-10(9)12(16)17/h9-10H,2-8H2,1H3,(H,14,15)(H,16,17). The molecule has 1 amide bonds. The van der Waals surface area contributed by atoms with Gasteiger partial charge in [-0.3, -0.25) is 9.59 Å². The minimum Gasteiger partial charge on any atom is -0.481 e. The number of carboxylic acids is 1. The first-order valence-electron chi connectivity index (χ1n) is 6.98. The molecule has 1 aliphatic heterocycles. The molecule has 6 nitrogen and oxygen atoms in total. The Balaban J connectivity index is 2.05. The number of aliphatic carboxylic acids is 1. The van der Waals surface area contributed by atoms with Gasteiger partial charge >= 0.3 is 5.97 Å². The van der Waals surface area contributed by atoms with Crippen molar-refractivity contribution < 1.29 is 23.1 Å². The zero-order valence-electron chi connectivity index (χ0n) is 11.6. The maximum atomic E-state index is 12.3. The minimum absolute atomic E-state index is 0.0593. The van der Waals surface area contributed by atoms with Gasteiger partial charge in [0.05, 0.1) is 28.9 Å². The summed E-state index contributed by atoms with van der Waals surface area (Å²) < 4.78 is 23.1. The molecule has 3 unspecified atom stereocenters. The van der Waals surface area contributed by atoms with Crippen molar-refractivity contribution in [2.75, 3.05) is 11.5 Å². The van der Waals surface area contributed by atoms with E-state index in [0.29, 0.717) is 19.3 Å². The van der Waals surface area contributed by atoms with Crippen LogP contribution in [0.1, 0.15) is 39.0 Å². The number of carbonyl (C=O) groups is 2. The molecule has 1 saturated carbocycles. The van der Waals surface area contributed by atoms with Crippen LogP contribution in [0.15, 0.2) is 0 Å². The smallest absolute Gasteiger partial charge is 0.307 e. The molecule has 0 radical (unpaired) electrons. The summed E-state index contributed by atoms with van der Waals surface area (Å²) in [5.74, 6) is -2.41. The molecule has 2 rings (SSSR count). The number of carboxylic acid groups (broad SMARTS) is 1. The molecule has 3 atom stereocenters. The Hall–Kier alpha value is -1.11. The van der Waals surface area contributed by atoms with E-state index in [1.165, 1.54) is 0 Å². The fourth-order valence-corrected chi connectivity index (χ4v) is 5.33. The van der Waals surface area contributed by atoms with Gasteiger partial charge in [0.25, 0.3) is 0 Å². The second-order valence-corrected chi connectivity index (χ2v) is 8.41. The summed E-state index contributed by atoms with van der Waals surface area (Å²) in [4.78, 5) is 23.5. The average molecular weight is 303 g/mol. The predicted octanol–water partition coefficient (Wildman–Crippen LogP) is 0.571. The number of hydrogen-bond acceptors (Lipinski definition) is 4. The number of amides is 1. The molecule has 7 heteroatoms. The highest BCUT2D eigenvalue weighted by atomic mass is 32.2. The van der Waals surface area contributed by atoms with Gasteiger partial charge in [-0.05, 0) is 26.2 Å². The van der Waals surface area contributed by atoms with Crippen LogP contribution in [0.2, 0.25) is 0 Å². The van der Waals surface area contributed by atoms with Crippen LogP contribution in [0.5, 0.6) is 0 Å². The molecule has 2 fully saturated rings. The zero-order chi connectivity index (χ0) is 15.0. The summed E-state index contributed by atoms with van der Waals surface area (Å²) in [5.41, 5.74) is -0.754. The van der Waals surface area contributed by atoms with Crippen molar-refractivity contribution >= 4 is 21.7 Å². The number of sulfone groups is 1. The lowest BCUT2D eigenvalue weighted by Crippen LogP contribution is -2.51. The fourth-order valence-electron chi connectivity index (χ4n) is 3.24. The minimum atomic E-state index is -3.09. The normalized spacial score (nSPS) is 36.5. The van der Waals surface area contributed by atoms with Crippen LogP contribution < -0.4 is 5.32 Å². The van der Waals surface area contributed by atoms with Crippen LogP contribution in [-0.2, 0) is 19.4 Å². The van der Waals surface area contributed by atoms with Gasteiger partial charge in [-0.15, -0.1) is 0 Å². The van der Waals surface area contributed by atoms with Crippen molar-refractivity contribution in [1.82, 2.24) is 5.32 Å². The van der Waals surface area contributed by atoms with Crippen molar-refractivity contribution in [3.05, 3.63) is 0 Å². The summed E-state index contributed by atoms with van der Waals surface area (Å²) in [6, 6.07) is 0. The second kappa shape index (κ2) is 5.35. The molecule has 114 valence electrons. The second-order valence-electron chi connectivity index (χ2n) is 6.23. The van der Waals surface area contributed by atoms with Gasteiger partial charge < -0.3 is 10.4 Å². The van der Waals surface area contributed by atoms with Crippen LogP contribution in [0.25, 0.3) is 0 Å². The van der Waals surface area contributed by atoms with Gasteiger partial charge in [0.2, 0.25) is 5.91 Å². The quantitative estimate of drug-likeness (QED) is 0.794. The predicted molar refractivity (Wildman–Crippen MR) is 72.9 cm³/mol. The largest absolute Gasteiger partial charge is 0.481 e. The zero-order valence-corrected chi connectivity index (χ0v) is 12.4. The first kappa shape index (κ1) is 15.3. The molecular formula is C13H21NO5S. The van der Waals surface area contributed by atoms with Crippen molar-refractivity contribution in [3.8, 4) is 0 Å². The van der Waals surface area contributed by atoms with Crippen LogP contribution in [0.4, 0.5) is 0 Å². The summed E-state index contributed by atoms with van der Waals surface area (Å²) in [6.45, 7) is 1.72. The first-order chi connectivity index (χ1) is 9.22. The topological polar surface area (TPSA) is 101 Å². The van der Waals surface area contributed by atoms with Crippen molar-refractivity contribution in [2.24, 2.45) is 11.8 Å². The molecule has 0 aromatic rings. The summed E-state index contributed by atoms with van der Waals surface area (Å²) >= 11 is 0. The summed E-state index contributed by atoms with van der Waals surface area (Å²) in [6.07, 6.45) is 3.14. The molecule has 1 aliphatic carbocycles. The molecule has 20 heavy (non-hydrogen) atoms. The Bertz CT molecular complexity index is 515. The number of rotatable bonds is 3. The van der Waals surface area contributed by atoms with Crippen molar-refractivity contribution in [3.63, 3.8) is 0 Å². The Labute approximate surface area is 118 Å². The highest BCUT2D eigenvalue weighted by Crippen LogP contribution is 2.32. The lowest BCUT2D eigenvalue weighted by molar-refractivity contribution is -0.149. The summed E-state index contributed by atoms with van der Waals surface area (Å²) in [5, 5.41) is 12.0. The van der Waals surface area contributed by atoms with E-state index in [9.17, 15) is 23.1 Å². The third-order valence-corrected chi connectivity index (χ3v) is 6.25. The van der Waals surface area contributed by atoms with E-state index in [-0.39, 0.29) is 17.4 Å². The highest BCUT2D eigenvalue weighted by molar-refractivity contribution is 7.91. The fraction of sp³-hybridized carbons (Fsp3) is 0.846. The first-order valence-corrected chi connectivity index (χ1v) is 8.80. The molecule has 0 aromatic carbocycles. The number of hydrogen-bond donors (Lipinski definition) is 2. The molecule has 0 spiro atoms. The van der Waals surface area contributed by atoms with Crippen LogP contribution in [-0.4, -0.2) is 42.4 Å². The van der Waals surface area contributed by atoms with Gasteiger partial charge in [-0.1, -0.05) is 12.8 Å². The van der Waals surface area contributed by atoms with E-state index in [0.717, 1.165) is 12.8 Å². The van der Waals surface area contributed by atoms with E-state index in [2.05, 4.69) is 5.32 Å². The monoisotopic (exact) mass is 303 g/mol. The van der Waals surface area contributed by atoms with E-state index in [1.54, 1.807) is 6.92 Å². The van der Waals surface area contributed by atoms with Crippen LogP contribution in [0.3, 0.4) is 0 Å². The van der Waals surface area contributed by atoms with E-state index >= 15 is 0 Å². The average Bonchev–Trinajstić information content (AvgIpc) is 2.63. The van der Waals surface area contributed by atoms with E-state index in [1.807, 2.05) is 0 Å². The van der Waals surface area contributed by atoms with Gasteiger partial charge in [-0.25, -0.2) is 8.42 Å². The Morgan fingerprint density at radius 2 is 1.80 bits per heavy atom. The molecule has 2 N–H and O–H groups in total. The van der Waals surface area contributed by atoms with Crippen molar-refractivity contribution in [1.29, 1.82) is 0 Å². The molecule has 2 aliphatic rings. The molecule has 1 heterocycles.